The number of piperidine rings is 1. The number of hydrogen-bond donors (Lipinski definition) is 2. The van der Waals surface area contributed by atoms with Crippen LogP contribution >= 0.6 is 0 Å². The van der Waals surface area contributed by atoms with E-state index in [0.717, 1.165) is 18.8 Å². The molecule has 1 aliphatic rings. The summed E-state index contributed by atoms with van der Waals surface area (Å²) in [5, 5.41) is 2.89. The molecule has 1 heterocycles. The van der Waals surface area contributed by atoms with Crippen LogP contribution in [0.15, 0.2) is 18.2 Å². The van der Waals surface area contributed by atoms with Crippen LogP contribution in [0.1, 0.15) is 43.5 Å². The van der Waals surface area contributed by atoms with Crippen LogP contribution in [-0.4, -0.2) is 25.0 Å². The fourth-order valence-electron chi connectivity index (χ4n) is 2.43. The Kier molecular flexibility index (Phi) is 4.30. The number of benzene rings is 1. The van der Waals surface area contributed by atoms with Crippen molar-refractivity contribution in [3.63, 3.8) is 0 Å². The highest BCUT2D eigenvalue weighted by Crippen LogP contribution is 2.24. The van der Waals surface area contributed by atoms with E-state index in [1.807, 2.05) is 32.0 Å². The number of nitrogen functional groups attached to an aromatic ring is 1. The monoisotopic (exact) mass is 261 g/mol. The average Bonchev–Trinajstić information content (AvgIpc) is 2.39. The number of anilines is 2. The van der Waals surface area contributed by atoms with E-state index in [4.69, 9.17) is 5.73 Å². The number of nitrogens with one attached hydrogen (secondary N) is 1. The maximum Gasteiger partial charge on any atom is 0.253 e. The Morgan fingerprint density at radius 1 is 1.26 bits per heavy atom. The molecule has 1 aliphatic heterocycles. The summed E-state index contributed by atoms with van der Waals surface area (Å²) >= 11 is 0. The molecule has 3 N–H and O–H groups in total. The van der Waals surface area contributed by atoms with E-state index in [0.29, 0.717) is 11.3 Å². The average molecular weight is 261 g/mol. The lowest BCUT2D eigenvalue weighted by Crippen LogP contribution is -2.32. The first-order valence-electron chi connectivity index (χ1n) is 7.03. The van der Waals surface area contributed by atoms with Crippen molar-refractivity contribution >= 4 is 17.3 Å². The van der Waals surface area contributed by atoms with E-state index in [1.54, 1.807) is 0 Å². The smallest absolute Gasteiger partial charge is 0.253 e. The number of carbonyl (C=O) groups excluding carboxylic acids is 1. The molecule has 2 rings (SSSR count). The summed E-state index contributed by atoms with van der Waals surface area (Å²) in [6.07, 6.45) is 3.74. The van der Waals surface area contributed by atoms with Gasteiger partial charge in [0.25, 0.3) is 5.91 Å². The van der Waals surface area contributed by atoms with Crippen LogP contribution in [0.2, 0.25) is 0 Å². The predicted molar refractivity (Wildman–Crippen MR) is 79.5 cm³/mol. The van der Waals surface area contributed by atoms with Crippen molar-refractivity contribution in [1.82, 2.24) is 5.32 Å². The van der Waals surface area contributed by atoms with Gasteiger partial charge in [-0.15, -0.1) is 0 Å². The zero-order valence-electron chi connectivity index (χ0n) is 11.8. The zero-order valence-corrected chi connectivity index (χ0v) is 11.8. The Morgan fingerprint density at radius 2 is 1.95 bits per heavy atom. The van der Waals surface area contributed by atoms with Crippen molar-refractivity contribution in [3.8, 4) is 0 Å². The topological polar surface area (TPSA) is 58.4 Å². The first kappa shape index (κ1) is 13.7. The molecule has 4 heteroatoms. The number of rotatable bonds is 3. The molecule has 0 atom stereocenters. The molecule has 1 fully saturated rings. The summed E-state index contributed by atoms with van der Waals surface area (Å²) in [4.78, 5) is 14.4. The van der Waals surface area contributed by atoms with Crippen LogP contribution in [0.4, 0.5) is 11.4 Å². The Morgan fingerprint density at radius 3 is 2.58 bits per heavy atom. The van der Waals surface area contributed by atoms with Gasteiger partial charge in [0.15, 0.2) is 0 Å². The Labute approximate surface area is 115 Å². The molecule has 1 saturated heterocycles. The standard InChI is InChI=1S/C15H23N3O/c1-11(2)17-15(19)13-10-12(6-7-14(13)16)18-8-4-3-5-9-18/h6-7,10-11H,3-5,8-9,16H2,1-2H3,(H,17,19). The molecule has 0 spiro atoms. The Hall–Kier alpha value is -1.71. The van der Waals surface area contributed by atoms with E-state index < -0.39 is 0 Å². The molecule has 4 nitrogen and oxygen atoms in total. The summed E-state index contributed by atoms with van der Waals surface area (Å²) in [7, 11) is 0. The molecular weight excluding hydrogens is 238 g/mol. The summed E-state index contributed by atoms with van der Waals surface area (Å²) < 4.78 is 0. The van der Waals surface area contributed by atoms with Crippen LogP contribution in [0.5, 0.6) is 0 Å². The molecule has 1 aromatic rings. The first-order chi connectivity index (χ1) is 9.08. The highest BCUT2D eigenvalue weighted by molar-refractivity contribution is 6.00. The zero-order chi connectivity index (χ0) is 13.8. The third kappa shape index (κ3) is 3.40. The third-order valence-electron chi connectivity index (χ3n) is 3.42. The number of nitrogens with two attached hydrogens (primary N) is 1. The van der Waals surface area contributed by atoms with Gasteiger partial charge in [0.05, 0.1) is 5.56 Å². The van der Waals surface area contributed by atoms with E-state index in [1.165, 1.54) is 19.3 Å². The number of nitrogens with zero attached hydrogens (tertiary/aromatic N) is 1. The molecule has 0 aromatic heterocycles. The van der Waals surface area contributed by atoms with Crippen molar-refractivity contribution in [2.24, 2.45) is 0 Å². The lowest BCUT2D eigenvalue weighted by Gasteiger charge is -2.29. The first-order valence-corrected chi connectivity index (χ1v) is 7.03. The Bertz CT molecular complexity index is 451. The van der Waals surface area contributed by atoms with Crippen LogP contribution in [0, 0.1) is 0 Å². The van der Waals surface area contributed by atoms with Crippen molar-refractivity contribution in [1.29, 1.82) is 0 Å². The minimum absolute atomic E-state index is 0.0913. The van der Waals surface area contributed by atoms with Gasteiger partial charge in [0.2, 0.25) is 0 Å². The fraction of sp³-hybridized carbons (Fsp3) is 0.533. The summed E-state index contributed by atoms with van der Waals surface area (Å²) in [5.74, 6) is -0.0913. The second kappa shape index (κ2) is 5.95. The molecule has 0 unspecified atom stereocenters. The minimum atomic E-state index is -0.0913. The number of hydrogen-bond acceptors (Lipinski definition) is 3. The second-order valence-corrected chi connectivity index (χ2v) is 5.45. The SMILES string of the molecule is CC(C)NC(=O)c1cc(N2CCCCC2)ccc1N. The normalized spacial score (nSPS) is 15.6. The largest absolute Gasteiger partial charge is 0.398 e. The van der Waals surface area contributed by atoms with Crippen LogP contribution in [0.25, 0.3) is 0 Å². The van der Waals surface area contributed by atoms with Gasteiger partial charge >= 0.3 is 0 Å². The minimum Gasteiger partial charge on any atom is -0.398 e. The molecule has 0 saturated carbocycles. The third-order valence-corrected chi connectivity index (χ3v) is 3.42. The maximum absolute atomic E-state index is 12.1. The molecule has 0 aliphatic carbocycles. The van der Waals surface area contributed by atoms with Gasteiger partial charge in [-0.2, -0.15) is 0 Å². The van der Waals surface area contributed by atoms with Gasteiger partial charge in [0.1, 0.15) is 0 Å². The van der Waals surface area contributed by atoms with E-state index in [-0.39, 0.29) is 11.9 Å². The number of amides is 1. The lowest BCUT2D eigenvalue weighted by atomic mass is 10.1. The van der Waals surface area contributed by atoms with Gasteiger partial charge in [-0.1, -0.05) is 0 Å². The van der Waals surface area contributed by atoms with Crippen molar-refractivity contribution in [2.75, 3.05) is 23.7 Å². The van der Waals surface area contributed by atoms with Gasteiger partial charge in [-0.05, 0) is 51.3 Å². The molecule has 19 heavy (non-hydrogen) atoms. The van der Waals surface area contributed by atoms with Crippen LogP contribution < -0.4 is 16.0 Å². The maximum atomic E-state index is 12.1. The molecule has 0 bridgehead atoms. The van der Waals surface area contributed by atoms with Crippen molar-refractivity contribution in [2.45, 2.75) is 39.2 Å². The molecule has 1 amide bonds. The fourth-order valence-corrected chi connectivity index (χ4v) is 2.43. The highest BCUT2D eigenvalue weighted by atomic mass is 16.1. The Balaban J connectivity index is 2.21. The summed E-state index contributed by atoms with van der Waals surface area (Å²) in [6.45, 7) is 6.02. The van der Waals surface area contributed by atoms with Gasteiger partial charge in [-0.3, -0.25) is 4.79 Å². The molecule has 104 valence electrons. The van der Waals surface area contributed by atoms with Crippen molar-refractivity contribution < 1.29 is 4.79 Å². The van der Waals surface area contributed by atoms with E-state index in [2.05, 4.69) is 10.2 Å². The van der Waals surface area contributed by atoms with Crippen molar-refractivity contribution in [3.05, 3.63) is 23.8 Å². The molecule has 1 aromatic carbocycles. The van der Waals surface area contributed by atoms with E-state index >= 15 is 0 Å². The summed E-state index contributed by atoms with van der Waals surface area (Å²) in [6, 6.07) is 5.87. The van der Waals surface area contributed by atoms with E-state index in [9.17, 15) is 4.79 Å². The highest BCUT2D eigenvalue weighted by Gasteiger charge is 2.15. The van der Waals surface area contributed by atoms with Gasteiger partial charge in [0, 0.05) is 30.5 Å². The second-order valence-electron chi connectivity index (χ2n) is 5.45. The lowest BCUT2D eigenvalue weighted by molar-refractivity contribution is 0.0944. The number of carbonyl (C=O) groups is 1. The van der Waals surface area contributed by atoms with Crippen LogP contribution in [0.3, 0.4) is 0 Å². The quantitative estimate of drug-likeness (QED) is 0.821. The van der Waals surface area contributed by atoms with Gasteiger partial charge < -0.3 is 16.0 Å². The van der Waals surface area contributed by atoms with Crippen LogP contribution in [-0.2, 0) is 0 Å². The summed E-state index contributed by atoms with van der Waals surface area (Å²) in [5.41, 5.74) is 8.14. The predicted octanol–water partition coefficient (Wildman–Crippen LogP) is 2.40. The molecular formula is C15H23N3O. The van der Waals surface area contributed by atoms with Gasteiger partial charge in [-0.25, -0.2) is 0 Å². The molecule has 0 radical (unpaired) electrons.